The molecule has 2 amide bonds. The molecule has 5 heteroatoms. The summed E-state index contributed by atoms with van der Waals surface area (Å²) in [5.74, 6) is -0.937. The monoisotopic (exact) mass is 325 g/mol. The van der Waals surface area contributed by atoms with Gasteiger partial charge in [-0.05, 0) is 24.1 Å². The molecule has 0 spiro atoms. The lowest BCUT2D eigenvalue weighted by Crippen LogP contribution is -2.39. The van der Waals surface area contributed by atoms with Crippen LogP contribution in [0.2, 0.25) is 0 Å². The number of hydrogen-bond donors (Lipinski definition) is 0. The second kappa shape index (κ2) is 7.08. The predicted octanol–water partition coefficient (Wildman–Crippen LogP) is 3.43. The van der Waals surface area contributed by atoms with Crippen LogP contribution in [0.4, 0.5) is 9.18 Å². The van der Waals surface area contributed by atoms with Gasteiger partial charge in [-0.25, -0.2) is 14.1 Å². The number of benzene rings is 2. The standard InChI is InChI=1S/C19H16FNO3/c20-17-9-5-4-8-15(17)10-11-18(22)21-16(13-24-19(21)23)12-14-6-2-1-3-7-14/h1-11,16H,12-13H2/t16-/m1/s1. The highest BCUT2D eigenvalue weighted by Gasteiger charge is 2.36. The van der Waals surface area contributed by atoms with E-state index in [0.29, 0.717) is 6.42 Å². The van der Waals surface area contributed by atoms with E-state index in [0.717, 1.165) is 10.5 Å². The molecule has 0 bridgehead atoms. The molecule has 1 heterocycles. The van der Waals surface area contributed by atoms with E-state index in [4.69, 9.17) is 4.74 Å². The van der Waals surface area contributed by atoms with E-state index in [1.165, 1.54) is 18.2 Å². The van der Waals surface area contributed by atoms with E-state index in [1.54, 1.807) is 18.2 Å². The van der Waals surface area contributed by atoms with Crippen LogP contribution in [0.5, 0.6) is 0 Å². The van der Waals surface area contributed by atoms with Gasteiger partial charge >= 0.3 is 6.09 Å². The molecule has 0 radical (unpaired) electrons. The number of halogens is 1. The predicted molar refractivity (Wildman–Crippen MR) is 87.6 cm³/mol. The molecule has 1 saturated heterocycles. The fourth-order valence-electron chi connectivity index (χ4n) is 2.62. The minimum Gasteiger partial charge on any atom is -0.447 e. The summed E-state index contributed by atoms with van der Waals surface area (Å²) in [5, 5.41) is 0. The minimum atomic E-state index is -0.667. The average molecular weight is 325 g/mol. The first kappa shape index (κ1) is 15.9. The molecule has 0 N–H and O–H groups in total. The van der Waals surface area contributed by atoms with Crippen molar-refractivity contribution in [1.82, 2.24) is 4.90 Å². The van der Waals surface area contributed by atoms with Crippen molar-refractivity contribution in [3.63, 3.8) is 0 Å². The number of amides is 2. The highest BCUT2D eigenvalue weighted by Crippen LogP contribution is 2.18. The van der Waals surface area contributed by atoms with Gasteiger partial charge in [0, 0.05) is 11.6 Å². The van der Waals surface area contributed by atoms with Crippen LogP contribution < -0.4 is 0 Å². The Bertz CT molecular complexity index is 773. The van der Waals surface area contributed by atoms with Gasteiger partial charge in [-0.1, -0.05) is 48.5 Å². The van der Waals surface area contributed by atoms with E-state index in [1.807, 2.05) is 30.3 Å². The Balaban J connectivity index is 1.74. The lowest BCUT2D eigenvalue weighted by Gasteiger charge is -2.18. The second-order valence-corrected chi connectivity index (χ2v) is 5.48. The maximum atomic E-state index is 13.6. The first-order valence-corrected chi connectivity index (χ1v) is 7.61. The van der Waals surface area contributed by atoms with Gasteiger partial charge in [0.1, 0.15) is 12.4 Å². The molecule has 24 heavy (non-hydrogen) atoms. The van der Waals surface area contributed by atoms with Crippen LogP contribution in [0.1, 0.15) is 11.1 Å². The smallest absolute Gasteiger partial charge is 0.417 e. The van der Waals surface area contributed by atoms with Crippen molar-refractivity contribution in [3.8, 4) is 0 Å². The molecule has 122 valence electrons. The first-order valence-electron chi connectivity index (χ1n) is 7.61. The topological polar surface area (TPSA) is 46.6 Å². The number of rotatable bonds is 4. The Hall–Kier alpha value is -2.95. The Labute approximate surface area is 139 Å². The normalized spacial score (nSPS) is 17.3. The maximum absolute atomic E-state index is 13.6. The van der Waals surface area contributed by atoms with Crippen LogP contribution in [-0.4, -0.2) is 29.5 Å². The zero-order valence-electron chi connectivity index (χ0n) is 12.9. The van der Waals surface area contributed by atoms with Gasteiger partial charge < -0.3 is 4.74 Å². The minimum absolute atomic E-state index is 0.160. The van der Waals surface area contributed by atoms with Gasteiger partial charge in [-0.3, -0.25) is 4.79 Å². The van der Waals surface area contributed by atoms with Crippen molar-refractivity contribution in [1.29, 1.82) is 0 Å². The number of ether oxygens (including phenoxy) is 1. The summed E-state index contributed by atoms with van der Waals surface area (Å²) >= 11 is 0. The third-order valence-corrected chi connectivity index (χ3v) is 3.82. The molecule has 0 aliphatic carbocycles. The molecular weight excluding hydrogens is 309 g/mol. The third-order valence-electron chi connectivity index (χ3n) is 3.82. The van der Waals surface area contributed by atoms with Gasteiger partial charge in [-0.2, -0.15) is 0 Å². The van der Waals surface area contributed by atoms with E-state index in [9.17, 15) is 14.0 Å². The zero-order valence-corrected chi connectivity index (χ0v) is 12.9. The Kier molecular flexibility index (Phi) is 4.70. The Morgan fingerprint density at radius 3 is 2.62 bits per heavy atom. The molecule has 3 rings (SSSR count). The summed E-state index contributed by atoms with van der Waals surface area (Å²) in [4.78, 5) is 25.3. The molecule has 0 saturated carbocycles. The molecule has 1 aliphatic heterocycles. The van der Waals surface area contributed by atoms with Crippen LogP contribution in [0.15, 0.2) is 60.7 Å². The Morgan fingerprint density at radius 2 is 1.88 bits per heavy atom. The quantitative estimate of drug-likeness (QED) is 0.809. The van der Waals surface area contributed by atoms with E-state index < -0.39 is 17.8 Å². The van der Waals surface area contributed by atoms with Gasteiger partial charge in [0.15, 0.2) is 0 Å². The van der Waals surface area contributed by atoms with Gasteiger partial charge in [0.05, 0.1) is 6.04 Å². The van der Waals surface area contributed by atoms with Crippen molar-refractivity contribution in [3.05, 3.63) is 77.6 Å². The van der Waals surface area contributed by atoms with Crippen molar-refractivity contribution < 1.29 is 18.7 Å². The molecule has 0 unspecified atom stereocenters. The number of nitrogens with zero attached hydrogens (tertiary/aromatic N) is 1. The molecule has 1 atom stereocenters. The van der Waals surface area contributed by atoms with E-state index in [2.05, 4.69) is 0 Å². The molecular formula is C19H16FNO3. The summed E-state index contributed by atoms with van der Waals surface area (Å²) in [6, 6.07) is 15.3. The summed E-state index contributed by atoms with van der Waals surface area (Å²) in [7, 11) is 0. The zero-order chi connectivity index (χ0) is 16.9. The van der Waals surface area contributed by atoms with Crippen LogP contribution in [-0.2, 0) is 16.0 Å². The van der Waals surface area contributed by atoms with Crippen LogP contribution >= 0.6 is 0 Å². The molecule has 1 aliphatic rings. The highest BCUT2D eigenvalue weighted by atomic mass is 19.1. The van der Waals surface area contributed by atoms with Crippen molar-refractivity contribution >= 4 is 18.1 Å². The first-order chi connectivity index (χ1) is 11.6. The summed E-state index contributed by atoms with van der Waals surface area (Å²) < 4.78 is 18.6. The van der Waals surface area contributed by atoms with Crippen molar-refractivity contribution in [2.75, 3.05) is 6.61 Å². The molecule has 0 aromatic heterocycles. The number of cyclic esters (lactones) is 1. The molecule has 4 nitrogen and oxygen atoms in total. The molecule has 2 aromatic rings. The lowest BCUT2D eigenvalue weighted by molar-refractivity contribution is -0.124. The van der Waals surface area contributed by atoms with Crippen molar-refractivity contribution in [2.45, 2.75) is 12.5 Å². The largest absolute Gasteiger partial charge is 0.447 e. The van der Waals surface area contributed by atoms with E-state index in [-0.39, 0.29) is 18.2 Å². The van der Waals surface area contributed by atoms with Crippen LogP contribution in [0, 0.1) is 5.82 Å². The van der Waals surface area contributed by atoms with Crippen LogP contribution in [0.25, 0.3) is 6.08 Å². The van der Waals surface area contributed by atoms with E-state index >= 15 is 0 Å². The summed E-state index contributed by atoms with van der Waals surface area (Å²) in [6.45, 7) is 0.160. The third kappa shape index (κ3) is 3.51. The number of imide groups is 1. The van der Waals surface area contributed by atoms with Gasteiger partial charge in [-0.15, -0.1) is 0 Å². The maximum Gasteiger partial charge on any atom is 0.417 e. The average Bonchev–Trinajstić information content (AvgIpc) is 2.95. The molecule has 2 aromatic carbocycles. The SMILES string of the molecule is O=C(C=Cc1ccccc1F)N1C(=O)OC[C@H]1Cc1ccccc1. The molecule has 1 fully saturated rings. The number of carbonyl (C=O) groups excluding carboxylic acids is 2. The van der Waals surface area contributed by atoms with Gasteiger partial charge in [0.25, 0.3) is 5.91 Å². The fraction of sp³-hybridized carbons (Fsp3) is 0.158. The van der Waals surface area contributed by atoms with Gasteiger partial charge in [0.2, 0.25) is 0 Å². The number of hydrogen-bond acceptors (Lipinski definition) is 3. The summed E-state index contributed by atoms with van der Waals surface area (Å²) in [6.07, 6.45) is 2.41. The fourth-order valence-corrected chi connectivity index (χ4v) is 2.62. The second-order valence-electron chi connectivity index (χ2n) is 5.48. The lowest BCUT2D eigenvalue weighted by atomic mass is 10.1. The highest BCUT2D eigenvalue weighted by molar-refractivity contribution is 6.02. The Morgan fingerprint density at radius 1 is 1.17 bits per heavy atom. The van der Waals surface area contributed by atoms with Crippen LogP contribution in [0.3, 0.4) is 0 Å². The van der Waals surface area contributed by atoms with Crippen molar-refractivity contribution in [2.24, 2.45) is 0 Å². The number of carbonyl (C=O) groups is 2. The summed E-state index contributed by atoms with van der Waals surface area (Å²) in [5.41, 5.74) is 1.30.